The lowest BCUT2D eigenvalue weighted by Crippen LogP contribution is -2.40. The molecule has 0 unspecified atom stereocenters. The molecule has 4 rings (SSSR count). The van der Waals surface area contributed by atoms with Crippen LogP contribution in [0.1, 0.15) is 69.1 Å². The highest BCUT2D eigenvalue weighted by Gasteiger charge is 2.27. The molecule has 1 aromatic carbocycles. The monoisotopic (exact) mass is 416 g/mol. The highest BCUT2D eigenvalue weighted by molar-refractivity contribution is 5.88. The van der Waals surface area contributed by atoms with Crippen molar-refractivity contribution in [3.05, 3.63) is 29.0 Å². The maximum absolute atomic E-state index is 10.3. The van der Waals surface area contributed by atoms with Crippen molar-refractivity contribution < 1.29 is 19.4 Å². The largest absolute Gasteiger partial charge is 0.460 e. The minimum Gasteiger partial charge on any atom is -0.460 e. The maximum Gasteiger partial charge on any atom is 0.179 e. The Hall–Kier alpha value is -1.60. The van der Waals surface area contributed by atoms with Gasteiger partial charge >= 0.3 is 0 Å². The number of fused-ring (bicyclic) bond motifs is 1. The van der Waals surface area contributed by atoms with Crippen LogP contribution in [-0.4, -0.2) is 54.0 Å². The molecule has 0 saturated carbocycles. The Labute approximate surface area is 179 Å². The van der Waals surface area contributed by atoms with E-state index in [9.17, 15) is 10.2 Å². The van der Waals surface area contributed by atoms with Crippen LogP contribution in [0.25, 0.3) is 11.0 Å². The number of rotatable bonds is 7. The topological polar surface area (TPSA) is 69.3 Å². The van der Waals surface area contributed by atoms with Crippen molar-refractivity contribution >= 4 is 16.7 Å². The molecule has 0 aliphatic carbocycles. The Morgan fingerprint density at radius 1 is 1.10 bits per heavy atom. The first-order valence-corrected chi connectivity index (χ1v) is 11.6. The van der Waals surface area contributed by atoms with Gasteiger partial charge in [-0.2, -0.15) is 0 Å². The molecule has 2 aliphatic rings. The summed E-state index contributed by atoms with van der Waals surface area (Å²) in [5.41, 5.74) is 3.43. The number of hydrogen-bond acceptors (Lipinski definition) is 6. The van der Waals surface area contributed by atoms with Gasteiger partial charge in [0.25, 0.3) is 0 Å². The molecule has 0 spiro atoms. The molecule has 2 aliphatic heterocycles. The zero-order valence-electron chi connectivity index (χ0n) is 18.4. The Morgan fingerprint density at radius 2 is 1.83 bits per heavy atom. The average Bonchev–Trinajstić information content (AvgIpc) is 3.16. The van der Waals surface area contributed by atoms with Crippen molar-refractivity contribution in [2.75, 3.05) is 37.7 Å². The zero-order valence-corrected chi connectivity index (χ0v) is 18.4. The third kappa shape index (κ3) is 4.37. The second kappa shape index (κ2) is 9.69. The molecule has 6 heteroatoms. The van der Waals surface area contributed by atoms with Crippen LogP contribution in [0.5, 0.6) is 0 Å². The first-order chi connectivity index (χ1) is 14.6. The molecule has 1 aromatic heterocycles. The van der Waals surface area contributed by atoms with Crippen LogP contribution < -0.4 is 4.90 Å². The van der Waals surface area contributed by atoms with Crippen LogP contribution in [0.4, 0.5) is 5.69 Å². The maximum atomic E-state index is 10.3. The van der Waals surface area contributed by atoms with Crippen LogP contribution in [-0.2, 0) is 17.7 Å². The number of piperidine rings is 1. The fraction of sp³-hybridized carbons (Fsp3) is 0.667. The van der Waals surface area contributed by atoms with Crippen molar-refractivity contribution in [3.8, 4) is 0 Å². The Kier molecular flexibility index (Phi) is 6.98. The minimum absolute atomic E-state index is 0.401. The summed E-state index contributed by atoms with van der Waals surface area (Å²) in [5, 5.41) is 21.5. The number of anilines is 1. The van der Waals surface area contributed by atoms with Gasteiger partial charge in [0.1, 0.15) is 11.3 Å². The summed E-state index contributed by atoms with van der Waals surface area (Å²) in [6, 6.07) is 4.54. The smallest absolute Gasteiger partial charge is 0.179 e. The summed E-state index contributed by atoms with van der Waals surface area (Å²) in [7, 11) is 0. The first kappa shape index (κ1) is 21.6. The number of ether oxygens (including phenoxy) is 1. The lowest BCUT2D eigenvalue weighted by molar-refractivity contribution is -0.0418. The lowest BCUT2D eigenvalue weighted by atomic mass is 9.95. The quantitative estimate of drug-likeness (QED) is 0.666. The predicted octanol–water partition coefficient (Wildman–Crippen LogP) is 3.97. The molecular weight excluding hydrogens is 380 g/mol. The van der Waals surface area contributed by atoms with E-state index >= 15 is 0 Å². The summed E-state index contributed by atoms with van der Waals surface area (Å²) in [4.78, 5) is 4.83. The van der Waals surface area contributed by atoms with Gasteiger partial charge in [0.15, 0.2) is 6.29 Å². The molecule has 2 saturated heterocycles. The fourth-order valence-electron chi connectivity index (χ4n) is 5.25. The second-order valence-electron chi connectivity index (χ2n) is 8.61. The van der Waals surface area contributed by atoms with Gasteiger partial charge in [0.05, 0.1) is 6.54 Å². The van der Waals surface area contributed by atoms with Gasteiger partial charge in [-0.3, -0.25) is 4.90 Å². The van der Waals surface area contributed by atoms with Crippen LogP contribution >= 0.6 is 0 Å². The van der Waals surface area contributed by atoms with Crippen LogP contribution in [0.3, 0.4) is 0 Å². The summed E-state index contributed by atoms with van der Waals surface area (Å²) < 4.78 is 11.8. The number of nitrogens with zero attached hydrogens (tertiary/aromatic N) is 2. The number of furan rings is 1. The first-order valence-electron chi connectivity index (χ1n) is 11.6. The van der Waals surface area contributed by atoms with E-state index in [1.54, 1.807) is 0 Å². The molecule has 0 radical (unpaired) electrons. The van der Waals surface area contributed by atoms with Gasteiger partial charge in [0.2, 0.25) is 0 Å². The molecule has 166 valence electrons. The van der Waals surface area contributed by atoms with E-state index in [2.05, 4.69) is 29.7 Å². The molecule has 2 fully saturated rings. The van der Waals surface area contributed by atoms with Gasteiger partial charge in [-0.25, -0.2) is 0 Å². The van der Waals surface area contributed by atoms with Crippen molar-refractivity contribution in [1.29, 1.82) is 0 Å². The Morgan fingerprint density at radius 3 is 2.47 bits per heavy atom. The predicted molar refractivity (Wildman–Crippen MR) is 119 cm³/mol. The number of benzene rings is 1. The minimum atomic E-state index is -1.52. The number of likely N-dealkylation sites (tertiary alicyclic amines) is 1. The molecule has 2 aromatic rings. The molecule has 0 bridgehead atoms. The van der Waals surface area contributed by atoms with Gasteiger partial charge < -0.3 is 24.3 Å². The highest BCUT2D eigenvalue weighted by atomic mass is 16.5. The van der Waals surface area contributed by atoms with Gasteiger partial charge in [0, 0.05) is 48.5 Å². The molecule has 0 amide bonds. The van der Waals surface area contributed by atoms with Crippen molar-refractivity contribution in [1.82, 2.24) is 4.90 Å². The molecule has 3 heterocycles. The van der Waals surface area contributed by atoms with Crippen molar-refractivity contribution in [2.45, 2.75) is 71.2 Å². The van der Waals surface area contributed by atoms with E-state index in [1.807, 2.05) is 6.07 Å². The van der Waals surface area contributed by atoms with E-state index < -0.39 is 6.29 Å². The standard InChI is InChI=1S/C24H36N2O4/c1-3-19-21(26(4-2)17-8-12-29-13-9-17)15-22-20(23(19)24(27)28)14-18(30-22)16-25-10-6-5-7-11-25/h14-15,17,24,27-28H,3-13,16H2,1-2H3. The van der Waals surface area contributed by atoms with E-state index in [0.717, 1.165) is 86.6 Å². The van der Waals surface area contributed by atoms with Crippen molar-refractivity contribution in [3.63, 3.8) is 0 Å². The Balaban J connectivity index is 1.75. The van der Waals surface area contributed by atoms with Crippen LogP contribution in [0.15, 0.2) is 16.5 Å². The SMILES string of the molecule is CCc1c(N(CC)C2CCOCC2)cc2oc(CN3CCCCC3)cc2c1C(O)O. The van der Waals surface area contributed by atoms with Gasteiger partial charge in [-0.05, 0) is 63.7 Å². The third-order valence-corrected chi connectivity index (χ3v) is 6.73. The van der Waals surface area contributed by atoms with Crippen LogP contribution in [0.2, 0.25) is 0 Å². The summed E-state index contributed by atoms with van der Waals surface area (Å²) in [6.45, 7) is 9.66. The van der Waals surface area contributed by atoms with Crippen LogP contribution in [0, 0.1) is 0 Å². The summed E-state index contributed by atoms with van der Waals surface area (Å²) in [6.07, 6.45) is 4.98. The van der Waals surface area contributed by atoms with E-state index in [4.69, 9.17) is 9.15 Å². The zero-order chi connectivity index (χ0) is 21.1. The molecule has 30 heavy (non-hydrogen) atoms. The number of aliphatic hydroxyl groups excluding tert-OH is 1. The second-order valence-corrected chi connectivity index (χ2v) is 8.61. The average molecular weight is 417 g/mol. The fourth-order valence-corrected chi connectivity index (χ4v) is 5.25. The molecule has 6 nitrogen and oxygen atoms in total. The molecule has 0 atom stereocenters. The summed E-state index contributed by atoms with van der Waals surface area (Å²) in [5.74, 6) is 0.905. The third-order valence-electron chi connectivity index (χ3n) is 6.73. The Bertz CT molecular complexity index is 835. The number of aliphatic hydroxyl groups is 2. The van der Waals surface area contributed by atoms with Gasteiger partial charge in [-0.1, -0.05) is 13.3 Å². The van der Waals surface area contributed by atoms with Crippen molar-refractivity contribution in [2.24, 2.45) is 0 Å². The summed E-state index contributed by atoms with van der Waals surface area (Å²) >= 11 is 0. The highest BCUT2D eigenvalue weighted by Crippen LogP contribution is 2.38. The normalized spacial score (nSPS) is 19.1. The molecule has 2 N–H and O–H groups in total. The lowest BCUT2D eigenvalue weighted by Gasteiger charge is -2.37. The van der Waals surface area contributed by atoms with E-state index in [0.29, 0.717) is 11.6 Å². The number of hydrogen-bond donors (Lipinski definition) is 2. The van der Waals surface area contributed by atoms with Gasteiger partial charge in [-0.15, -0.1) is 0 Å². The molecular formula is C24H36N2O4. The van der Waals surface area contributed by atoms with E-state index in [-0.39, 0.29) is 0 Å². The van der Waals surface area contributed by atoms with E-state index in [1.165, 1.54) is 19.3 Å².